The van der Waals surface area contributed by atoms with Gasteiger partial charge in [-0.1, -0.05) is 0 Å². The molecule has 1 saturated heterocycles. The minimum absolute atomic E-state index is 0.0507. The summed E-state index contributed by atoms with van der Waals surface area (Å²) in [6.07, 6.45) is -0.670. The van der Waals surface area contributed by atoms with Crippen LogP contribution in [-0.4, -0.2) is 50.1 Å². The van der Waals surface area contributed by atoms with Crippen LogP contribution in [0.4, 0.5) is 4.79 Å². The number of carboxylic acid groups (broad SMARTS) is 1. The molecule has 8 nitrogen and oxygen atoms in total. The van der Waals surface area contributed by atoms with E-state index in [1.165, 1.54) is 0 Å². The van der Waals surface area contributed by atoms with Crippen molar-refractivity contribution in [3.05, 3.63) is 0 Å². The predicted molar refractivity (Wildman–Crippen MR) is 61.0 cm³/mol. The zero-order chi connectivity index (χ0) is 14.0. The van der Waals surface area contributed by atoms with Gasteiger partial charge >= 0.3 is 22.3 Å². The predicted octanol–water partition coefficient (Wildman–Crippen LogP) is -0.226. The molecule has 104 valence electrons. The third-order valence-electron chi connectivity index (χ3n) is 3.08. The van der Waals surface area contributed by atoms with Crippen molar-refractivity contribution in [2.45, 2.75) is 19.8 Å². The van der Waals surface area contributed by atoms with E-state index in [9.17, 15) is 18.0 Å². The summed E-state index contributed by atoms with van der Waals surface area (Å²) in [7, 11) is -2.90. The number of methoxy groups -OCH3 is 1. The van der Waals surface area contributed by atoms with Gasteiger partial charge in [-0.2, -0.15) is 12.7 Å². The average molecular weight is 280 g/mol. The highest BCUT2D eigenvalue weighted by Crippen LogP contribution is 2.31. The Balaban J connectivity index is 2.68. The van der Waals surface area contributed by atoms with Crippen LogP contribution >= 0.6 is 0 Å². The molecule has 1 aliphatic heterocycles. The second-order valence-corrected chi connectivity index (χ2v) is 6.03. The summed E-state index contributed by atoms with van der Waals surface area (Å²) in [5.41, 5.74) is -0.919. The molecule has 0 aromatic rings. The van der Waals surface area contributed by atoms with Gasteiger partial charge in [0.15, 0.2) is 0 Å². The van der Waals surface area contributed by atoms with Gasteiger partial charge in [0.1, 0.15) is 0 Å². The largest absolute Gasteiger partial charge is 0.481 e. The van der Waals surface area contributed by atoms with E-state index in [2.05, 4.69) is 4.74 Å². The number of piperidine rings is 1. The molecule has 1 aliphatic rings. The number of amides is 1. The molecule has 1 amide bonds. The molecule has 18 heavy (non-hydrogen) atoms. The van der Waals surface area contributed by atoms with Gasteiger partial charge in [-0.3, -0.25) is 4.79 Å². The van der Waals surface area contributed by atoms with Crippen molar-refractivity contribution in [2.75, 3.05) is 20.2 Å². The molecule has 0 aromatic carbocycles. The Morgan fingerprint density at radius 2 is 1.83 bits per heavy atom. The minimum Gasteiger partial charge on any atom is -0.481 e. The van der Waals surface area contributed by atoms with Gasteiger partial charge in [-0.15, -0.1) is 0 Å². The van der Waals surface area contributed by atoms with E-state index < -0.39 is 27.7 Å². The molecule has 0 saturated carbocycles. The summed E-state index contributed by atoms with van der Waals surface area (Å²) in [6, 6.07) is 0. The number of ether oxygens (including phenoxy) is 1. The molecule has 0 aromatic heterocycles. The molecule has 1 fully saturated rings. The van der Waals surface area contributed by atoms with Gasteiger partial charge in [0.25, 0.3) is 0 Å². The van der Waals surface area contributed by atoms with E-state index in [1.54, 1.807) is 11.6 Å². The van der Waals surface area contributed by atoms with Crippen molar-refractivity contribution in [1.82, 2.24) is 9.03 Å². The van der Waals surface area contributed by atoms with Crippen LogP contribution in [0.3, 0.4) is 0 Å². The van der Waals surface area contributed by atoms with Gasteiger partial charge < -0.3 is 9.84 Å². The summed E-state index contributed by atoms with van der Waals surface area (Å²) < 4.78 is 30.4. The second-order valence-electron chi connectivity index (χ2n) is 4.36. The normalized spacial score (nSPS) is 20.1. The molecule has 1 heterocycles. The van der Waals surface area contributed by atoms with Crippen LogP contribution in [0.15, 0.2) is 0 Å². The van der Waals surface area contributed by atoms with Crippen LogP contribution in [0.25, 0.3) is 0 Å². The lowest BCUT2D eigenvalue weighted by Gasteiger charge is -2.35. The number of carbonyl (C=O) groups excluding carboxylic acids is 1. The maximum atomic E-state index is 11.7. The first-order valence-electron chi connectivity index (χ1n) is 5.30. The lowest BCUT2D eigenvalue weighted by Crippen LogP contribution is -2.50. The SMILES string of the molecule is COC(=O)NS(=O)(=O)N1CCC(C)(C(=O)O)CC1. The Morgan fingerprint density at radius 3 is 2.22 bits per heavy atom. The Bertz CT molecular complexity index is 438. The van der Waals surface area contributed by atoms with Crippen molar-refractivity contribution in [1.29, 1.82) is 0 Å². The lowest BCUT2D eigenvalue weighted by atomic mass is 9.81. The number of nitrogens with zero attached hydrogens (tertiary/aromatic N) is 1. The smallest absolute Gasteiger partial charge is 0.421 e. The van der Waals surface area contributed by atoms with Gasteiger partial charge in [0.05, 0.1) is 12.5 Å². The molecule has 0 aliphatic carbocycles. The third-order valence-corrected chi connectivity index (χ3v) is 4.55. The van der Waals surface area contributed by atoms with Gasteiger partial charge in [0.2, 0.25) is 0 Å². The molecule has 0 unspecified atom stereocenters. The van der Waals surface area contributed by atoms with Crippen LogP contribution < -0.4 is 4.72 Å². The third kappa shape index (κ3) is 3.10. The standard InChI is InChI=1S/C9H16N2O6S/c1-9(7(12)13)3-5-11(6-4-9)18(15,16)10-8(14)17-2/h3-6H2,1-2H3,(H,10,14)(H,12,13). The summed E-state index contributed by atoms with van der Waals surface area (Å²) in [4.78, 5) is 21.9. The number of carboxylic acids is 1. The van der Waals surface area contributed by atoms with Gasteiger partial charge in [-0.05, 0) is 19.8 Å². The van der Waals surface area contributed by atoms with E-state index in [4.69, 9.17) is 5.11 Å². The zero-order valence-electron chi connectivity index (χ0n) is 10.2. The number of carbonyl (C=O) groups is 2. The van der Waals surface area contributed by atoms with Crippen molar-refractivity contribution in [3.63, 3.8) is 0 Å². The maximum Gasteiger partial charge on any atom is 0.421 e. The second kappa shape index (κ2) is 5.11. The average Bonchev–Trinajstić information content (AvgIpc) is 2.28. The number of aliphatic carboxylic acids is 1. The van der Waals surface area contributed by atoms with E-state index in [0.29, 0.717) is 0 Å². The minimum atomic E-state index is -3.95. The van der Waals surface area contributed by atoms with E-state index in [0.717, 1.165) is 11.4 Å². The quantitative estimate of drug-likeness (QED) is 0.738. The highest BCUT2D eigenvalue weighted by atomic mass is 32.2. The number of rotatable bonds is 3. The van der Waals surface area contributed by atoms with Crippen LogP contribution in [0, 0.1) is 5.41 Å². The van der Waals surface area contributed by atoms with E-state index in [-0.39, 0.29) is 25.9 Å². The van der Waals surface area contributed by atoms with Crippen LogP contribution in [0.1, 0.15) is 19.8 Å². The van der Waals surface area contributed by atoms with Crippen LogP contribution in [0.5, 0.6) is 0 Å². The number of nitrogens with one attached hydrogen (secondary N) is 1. The summed E-state index contributed by atoms with van der Waals surface area (Å²) in [5, 5.41) is 9.01. The summed E-state index contributed by atoms with van der Waals surface area (Å²) >= 11 is 0. The fourth-order valence-corrected chi connectivity index (χ4v) is 2.73. The fraction of sp³-hybridized carbons (Fsp3) is 0.778. The molecule has 0 bridgehead atoms. The maximum absolute atomic E-state index is 11.7. The van der Waals surface area contributed by atoms with Crippen molar-refractivity contribution in [3.8, 4) is 0 Å². The summed E-state index contributed by atoms with van der Waals surface area (Å²) in [6.45, 7) is 1.68. The van der Waals surface area contributed by atoms with Crippen molar-refractivity contribution in [2.24, 2.45) is 5.41 Å². The Labute approximate surface area is 105 Å². The van der Waals surface area contributed by atoms with E-state index in [1.807, 2.05) is 0 Å². The highest BCUT2D eigenvalue weighted by molar-refractivity contribution is 7.87. The number of hydrogen-bond acceptors (Lipinski definition) is 5. The molecular formula is C9H16N2O6S. The first kappa shape index (κ1) is 14.7. The fourth-order valence-electron chi connectivity index (χ4n) is 1.65. The van der Waals surface area contributed by atoms with Gasteiger partial charge in [0, 0.05) is 13.1 Å². The molecule has 2 N–H and O–H groups in total. The first-order valence-corrected chi connectivity index (χ1v) is 6.74. The van der Waals surface area contributed by atoms with Crippen LogP contribution in [0.2, 0.25) is 0 Å². The molecule has 0 spiro atoms. The van der Waals surface area contributed by atoms with Crippen LogP contribution in [-0.2, 0) is 19.7 Å². The van der Waals surface area contributed by atoms with Crippen molar-refractivity contribution < 1.29 is 27.9 Å². The Morgan fingerprint density at radius 1 is 1.33 bits per heavy atom. The topological polar surface area (TPSA) is 113 Å². The molecule has 0 radical (unpaired) electrons. The highest BCUT2D eigenvalue weighted by Gasteiger charge is 2.40. The first-order chi connectivity index (χ1) is 8.21. The number of hydrogen-bond donors (Lipinski definition) is 2. The Kier molecular flexibility index (Phi) is 4.17. The molecule has 1 rings (SSSR count). The Hall–Kier alpha value is -1.35. The van der Waals surface area contributed by atoms with E-state index >= 15 is 0 Å². The monoisotopic (exact) mass is 280 g/mol. The van der Waals surface area contributed by atoms with Gasteiger partial charge in [-0.25, -0.2) is 9.52 Å². The molecular weight excluding hydrogens is 264 g/mol. The molecule has 9 heteroatoms. The lowest BCUT2D eigenvalue weighted by molar-refractivity contribution is -0.150. The molecule has 0 atom stereocenters. The summed E-state index contributed by atoms with van der Waals surface area (Å²) in [5.74, 6) is -0.944. The van der Waals surface area contributed by atoms with Crippen molar-refractivity contribution >= 4 is 22.3 Å². The zero-order valence-corrected chi connectivity index (χ0v) is 11.0.